The largest absolute Gasteiger partial charge is 0.454 e. The van der Waals surface area contributed by atoms with E-state index in [-0.39, 0.29) is 31.0 Å². The van der Waals surface area contributed by atoms with Crippen LogP contribution in [0.3, 0.4) is 0 Å². The molecular formula is C15H23ClN2O3. The fourth-order valence-corrected chi connectivity index (χ4v) is 2.27. The third-order valence-electron chi connectivity index (χ3n) is 3.57. The fraction of sp³-hybridized carbons (Fsp3) is 0.533. The average molecular weight is 315 g/mol. The van der Waals surface area contributed by atoms with Gasteiger partial charge in [-0.2, -0.15) is 0 Å². The minimum absolute atomic E-state index is 0. The van der Waals surface area contributed by atoms with Gasteiger partial charge in [-0.05, 0) is 12.8 Å². The molecule has 0 radical (unpaired) electrons. The Bertz CT molecular complexity index is 494. The summed E-state index contributed by atoms with van der Waals surface area (Å²) in [5, 5.41) is 2.90. The highest BCUT2D eigenvalue weighted by molar-refractivity contribution is 5.96. The van der Waals surface area contributed by atoms with E-state index in [2.05, 4.69) is 12.2 Å². The molecule has 1 atom stereocenters. The van der Waals surface area contributed by atoms with E-state index < -0.39 is 0 Å². The number of ether oxygens (including phenoxy) is 2. The predicted octanol–water partition coefficient (Wildman–Crippen LogP) is 3.57. The van der Waals surface area contributed by atoms with E-state index in [1.165, 1.54) is 0 Å². The van der Waals surface area contributed by atoms with E-state index in [0.29, 0.717) is 22.9 Å². The standard InChI is InChI=1S/C15H22N2O3.ClH/c1-3-5-6-10(4-2)15(18)17-12-8-14-13(7-11(12)16)19-9-20-14;/h7-8,10H,3-6,9,16H2,1-2H3,(H,17,18);1H. The van der Waals surface area contributed by atoms with Gasteiger partial charge in [-0.3, -0.25) is 4.79 Å². The Morgan fingerprint density at radius 3 is 2.62 bits per heavy atom. The van der Waals surface area contributed by atoms with Crippen molar-refractivity contribution in [2.45, 2.75) is 39.5 Å². The third kappa shape index (κ3) is 4.17. The highest BCUT2D eigenvalue weighted by atomic mass is 35.5. The summed E-state index contributed by atoms with van der Waals surface area (Å²) in [7, 11) is 0. The number of nitrogens with one attached hydrogen (secondary N) is 1. The lowest BCUT2D eigenvalue weighted by atomic mass is 9.98. The van der Waals surface area contributed by atoms with E-state index in [1.807, 2.05) is 6.92 Å². The number of unbranched alkanes of at least 4 members (excludes halogenated alkanes) is 1. The molecule has 0 spiro atoms. The topological polar surface area (TPSA) is 73.6 Å². The summed E-state index contributed by atoms with van der Waals surface area (Å²) in [6.07, 6.45) is 3.89. The molecule has 118 valence electrons. The molecule has 0 saturated heterocycles. The zero-order valence-electron chi connectivity index (χ0n) is 12.5. The molecule has 1 unspecified atom stereocenters. The Morgan fingerprint density at radius 2 is 2.00 bits per heavy atom. The van der Waals surface area contributed by atoms with Crippen molar-refractivity contribution in [2.75, 3.05) is 17.8 Å². The van der Waals surface area contributed by atoms with Crippen molar-refractivity contribution >= 4 is 29.7 Å². The second-order valence-electron chi connectivity index (χ2n) is 5.03. The molecule has 0 bridgehead atoms. The SMILES string of the molecule is CCCCC(CC)C(=O)Nc1cc2c(cc1N)OCO2.Cl. The second-order valence-corrected chi connectivity index (χ2v) is 5.03. The zero-order valence-corrected chi connectivity index (χ0v) is 13.3. The lowest BCUT2D eigenvalue weighted by Gasteiger charge is -2.16. The first-order valence-electron chi connectivity index (χ1n) is 7.15. The second kappa shape index (κ2) is 7.98. The van der Waals surface area contributed by atoms with E-state index >= 15 is 0 Å². The summed E-state index contributed by atoms with van der Waals surface area (Å²) < 4.78 is 10.5. The molecule has 6 heteroatoms. The lowest BCUT2D eigenvalue weighted by Crippen LogP contribution is -2.22. The van der Waals surface area contributed by atoms with Gasteiger partial charge in [0, 0.05) is 18.1 Å². The van der Waals surface area contributed by atoms with Crippen molar-refractivity contribution in [1.82, 2.24) is 0 Å². The number of anilines is 2. The van der Waals surface area contributed by atoms with Crippen LogP contribution in [0.4, 0.5) is 11.4 Å². The van der Waals surface area contributed by atoms with Gasteiger partial charge in [-0.1, -0.05) is 26.7 Å². The van der Waals surface area contributed by atoms with Gasteiger partial charge in [-0.25, -0.2) is 0 Å². The molecule has 0 fully saturated rings. The zero-order chi connectivity index (χ0) is 14.5. The van der Waals surface area contributed by atoms with E-state index in [9.17, 15) is 4.79 Å². The molecule has 1 amide bonds. The summed E-state index contributed by atoms with van der Waals surface area (Å²) in [4.78, 5) is 12.3. The van der Waals surface area contributed by atoms with Crippen molar-refractivity contribution < 1.29 is 14.3 Å². The van der Waals surface area contributed by atoms with Gasteiger partial charge in [0.05, 0.1) is 11.4 Å². The van der Waals surface area contributed by atoms with Gasteiger partial charge in [0.1, 0.15) is 0 Å². The Kier molecular flexibility index (Phi) is 6.62. The number of nitrogens with two attached hydrogens (primary N) is 1. The highest BCUT2D eigenvalue weighted by Gasteiger charge is 2.20. The molecule has 5 nitrogen and oxygen atoms in total. The van der Waals surface area contributed by atoms with Crippen molar-refractivity contribution in [3.05, 3.63) is 12.1 Å². The molecular weight excluding hydrogens is 292 g/mol. The number of carbonyl (C=O) groups excluding carboxylic acids is 1. The quantitative estimate of drug-likeness (QED) is 0.787. The number of hydrogen-bond donors (Lipinski definition) is 2. The van der Waals surface area contributed by atoms with Crippen LogP contribution in [-0.2, 0) is 4.79 Å². The maximum atomic E-state index is 12.3. The van der Waals surface area contributed by atoms with Crippen LogP contribution in [0.2, 0.25) is 0 Å². The summed E-state index contributed by atoms with van der Waals surface area (Å²) in [6, 6.07) is 3.41. The predicted molar refractivity (Wildman–Crippen MR) is 86.2 cm³/mol. The maximum Gasteiger partial charge on any atom is 0.231 e. The molecule has 2 rings (SSSR count). The molecule has 1 aliphatic heterocycles. The van der Waals surface area contributed by atoms with E-state index in [1.54, 1.807) is 12.1 Å². The summed E-state index contributed by atoms with van der Waals surface area (Å²) in [5.41, 5.74) is 7.02. The number of halogens is 1. The van der Waals surface area contributed by atoms with E-state index in [4.69, 9.17) is 15.2 Å². The van der Waals surface area contributed by atoms with Crippen molar-refractivity contribution in [3.8, 4) is 11.5 Å². The number of rotatable bonds is 6. The molecule has 1 aliphatic rings. The van der Waals surface area contributed by atoms with Crippen molar-refractivity contribution in [2.24, 2.45) is 5.92 Å². The van der Waals surface area contributed by atoms with Gasteiger partial charge < -0.3 is 20.5 Å². The molecule has 0 aliphatic carbocycles. The number of nitrogen functional groups attached to an aromatic ring is 1. The van der Waals surface area contributed by atoms with E-state index in [0.717, 1.165) is 25.7 Å². The lowest BCUT2D eigenvalue weighted by molar-refractivity contribution is -0.120. The average Bonchev–Trinajstić information content (AvgIpc) is 2.87. The first-order chi connectivity index (χ1) is 9.65. The number of hydrogen-bond acceptors (Lipinski definition) is 4. The molecule has 0 saturated carbocycles. The van der Waals surface area contributed by atoms with Crippen LogP contribution in [0.1, 0.15) is 39.5 Å². The first kappa shape index (κ1) is 17.4. The minimum atomic E-state index is 0. The van der Waals surface area contributed by atoms with Crippen LogP contribution in [0.15, 0.2) is 12.1 Å². The number of benzene rings is 1. The summed E-state index contributed by atoms with van der Waals surface area (Å²) in [6.45, 7) is 4.35. The normalized spacial score (nSPS) is 13.4. The fourth-order valence-electron chi connectivity index (χ4n) is 2.27. The smallest absolute Gasteiger partial charge is 0.231 e. The monoisotopic (exact) mass is 314 g/mol. The number of fused-ring (bicyclic) bond motifs is 1. The van der Waals surface area contributed by atoms with Crippen molar-refractivity contribution in [1.29, 1.82) is 0 Å². The number of carbonyl (C=O) groups is 1. The summed E-state index contributed by atoms with van der Waals surface area (Å²) >= 11 is 0. The molecule has 1 aromatic rings. The number of amides is 1. The van der Waals surface area contributed by atoms with Gasteiger partial charge in [0.2, 0.25) is 12.7 Å². The Morgan fingerprint density at radius 1 is 1.33 bits per heavy atom. The molecule has 1 heterocycles. The molecule has 3 N–H and O–H groups in total. The third-order valence-corrected chi connectivity index (χ3v) is 3.57. The Hall–Kier alpha value is -1.62. The van der Waals surface area contributed by atoms with Crippen LogP contribution >= 0.6 is 12.4 Å². The minimum Gasteiger partial charge on any atom is -0.454 e. The van der Waals surface area contributed by atoms with Gasteiger partial charge >= 0.3 is 0 Å². The Labute approximate surface area is 131 Å². The van der Waals surface area contributed by atoms with Crippen LogP contribution in [0, 0.1) is 5.92 Å². The first-order valence-corrected chi connectivity index (χ1v) is 7.15. The van der Waals surface area contributed by atoms with Crippen molar-refractivity contribution in [3.63, 3.8) is 0 Å². The Balaban J connectivity index is 0.00000220. The van der Waals surface area contributed by atoms with Gasteiger partial charge in [0.15, 0.2) is 11.5 Å². The van der Waals surface area contributed by atoms with Crippen LogP contribution in [0.5, 0.6) is 11.5 Å². The maximum absolute atomic E-state index is 12.3. The van der Waals surface area contributed by atoms with Crippen LogP contribution in [-0.4, -0.2) is 12.7 Å². The summed E-state index contributed by atoms with van der Waals surface area (Å²) in [5.74, 6) is 1.29. The van der Waals surface area contributed by atoms with Crippen LogP contribution < -0.4 is 20.5 Å². The van der Waals surface area contributed by atoms with Crippen LogP contribution in [0.25, 0.3) is 0 Å². The van der Waals surface area contributed by atoms with Gasteiger partial charge in [-0.15, -0.1) is 12.4 Å². The highest BCUT2D eigenvalue weighted by Crippen LogP contribution is 2.38. The molecule has 21 heavy (non-hydrogen) atoms. The molecule has 0 aromatic heterocycles. The molecule has 1 aromatic carbocycles. The van der Waals surface area contributed by atoms with Gasteiger partial charge in [0.25, 0.3) is 0 Å².